The van der Waals surface area contributed by atoms with Gasteiger partial charge in [-0.2, -0.15) is 0 Å². The Balaban J connectivity index is 1.50. The first kappa shape index (κ1) is 17.2. The van der Waals surface area contributed by atoms with Gasteiger partial charge in [-0.3, -0.25) is 9.88 Å². The standard InChI is InChI=1S/C19H24N4O2/c1-15-13-17(3-4-18(15)25-2)21-19(24)23-11-9-22(10-12-23)14-16-5-7-20-8-6-16/h3-8,13H,9-12,14H2,1-2H3,(H,21,24). The molecule has 25 heavy (non-hydrogen) atoms. The van der Waals surface area contributed by atoms with Gasteiger partial charge in [-0.25, -0.2) is 4.79 Å². The molecule has 0 aliphatic carbocycles. The number of aryl methyl sites for hydroxylation is 1. The van der Waals surface area contributed by atoms with Crippen molar-refractivity contribution in [2.24, 2.45) is 0 Å². The van der Waals surface area contributed by atoms with E-state index in [-0.39, 0.29) is 6.03 Å². The van der Waals surface area contributed by atoms with Crippen LogP contribution in [0.1, 0.15) is 11.1 Å². The molecule has 0 saturated carbocycles. The van der Waals surface area contributed by atoms with Gasteiger partial charge >= 0.3 is 6.03 Å². The Morgan fingerprint density at radius 1 is 1.16 bits per heavy atom. The van der Waals surface area contributed by atoms with Gasteiger partial charge in [-0.15, -0.1) is 0 Å². The highest BCUT2D eigenvalue weighted by Crippen LogP contribution is 2.21. The van der Waals surface area contributed by atoms with Crippen molar-refractivity contribution in [1.29, 1.82) is 0 Å². The SMILES string of the molecule is COc1ccc(NC(=O)N2CCN(Cc3ccncc3)CC2)cc1C. The lowest BCUT2D eigenvalue weighted by Crippen LogP contribution is -2.49. The minimum Gasteiger partial charge on any atom is -0.496 e. The molecule has 2 aromatic rings. The van der Waals surface area contributed by atoms with Crippen LogP contribution in [0.5, 0.6) is 5.75 Å². The average molecular weight is 340 g/mol. The summed E-state index contributed by atoms with van der Waals surface area (Å²) in [4.78, 5) is 20.7. The van der Waals surface area contributed by atoms with Crippen LogP contribution in [0, 0.1) is 6.92 Å². The molecule has 132 valence electrons. The number of benzene rings is 1. The van der Waals surface area contributed by atoms with Gasteiger partial charge in [0.05, 0.1) is 7.11 Å². The number of amides is 2. The predicted molar refractivity (Wildman–Crippen MR) is 97.8 cm³/mol. The summed E-state index contributed by atoms with van der Waals surface area (Å²) in [5.41, 5.74) is 3.05. The maximum absolute atomic E-state index is 12.5. The number of aromatic nitrogens is 1. The molecule has 0 bridgehead atoms. The maximum Gasteiger partial charge on any atom is 0.321 e. The molecule has 6 heteroatoms. The largest absolute Gasteiger partial charge is 0.496 e. The molecule has 2 heterocycles. The van der Waals surface area contributed by atoms with E-state index in [4.69, 9.17) is 4.74 Å². The fraction of sp³-hybridized carbons (Fsp3) is 0.368. The molecule has 0 radical (unpaired) electrons. The first-order valence-electron chi connectivity index (χ1n) is 8.47. The number of nitrogens with one attached hydrogen (secondary N) is 1. The number of urea groups is 1. The highest BCUT2D eigenvalue weighted by molar-refractivity contribution is 5.89. The van der Waals surface area contributed by atoms with Crippen LogP contribution >= 0.6 is 0 Å². The van der Waals surface area contributed by atoms with Crippen molar-refractivity contribution >= 4 is 11.7 Å². The highest BCUT2D eigenvalue weighted by Gasteiger charge is 2.21. The topological polar surface area (TPSA) is 57.7 Å². The molecule has 1 aromatic heterocycles. The van der Waals surface area contributed by atoms with Crippen LogP contribution in [0.2, 0.25) is 0 Å². The van der Waals surface area contributed by atoms with Gasteiger partial charge in [-0.05, 0) is 48.4 Å². The van der Waals surface area contributed by atoms with Crippen LogP contribution in [0.25, 0.3) is 0 Å². The molecule has 1 aliphatic heterocycles. The van der Waals surface area contributed by atoms with Gasteiger partial charge in [0.15, 0.2) is 0 Å². The number of nitrogens with zero attached hydrogens (tertiary/aromatic N) is 3. The second-order valence-electron chi connectivity index (χ2n) is 6.23. The number of carbonyl (C=O) groups is 1. The van der Waals surface area contributed by atoms with E-state index in [1.807, 2.05) is 54.5 Å². The van der Waals surface area contributed by atoms with Crippen molar-refractivity contribution in [2.75, 3.05) is 38.6 Å². The van der Waals surface area contributed by atoms with Crippen LogP contribution < -0.4 is 10.1 Å². The third-order valence-corrected chi connectivity index (χ3v) is 4.46. The second kappa shape index (κ2) is 7.98. The van der Waals surface area contributed by atoms with Crippen LogP contribution in [0.15, 0.2) is 42.7 Å². The van der Waals surface area contributed by atoms with Gasteiger partial charge in [0.1, 0.15) is 5.75 Å². The Bertz CT molecular complexity index is 713. The Labute approximate surface area is 148 Å². The zero-order valence-corrected chi connectivity index (χ0v) is 14.7. The number of piperazine rings is 1. The fourth-order valence-electron chi connectivity index (χ4n) is 3.01. The van der Waals surface area contributed by atoms with Crippen LogP contribution in [-0.2, 0) is 6.54 Å². The van der Waals surface area contributed by atoms with Crippen LogP contribution in [-0.4, -0.2) is 54.1 Å². The summed E-state index contributed by atoms with van der Waals surface area (Å²) in [6.45, 7) is 6.06. The van der Waals surface area contributed by atoms with E-state index >= 15 is 0 Å². The first-order valence-corrected chi connectivity index (χ1v) is 8.47. The second-order valence-corrected chi connectivity index (χ2v) is 6.23. The molecule has 1 aromatic carbocycles. The number of hydrogen-bond acceptors (Lipinski definition) is 4. The summed E-state index contributed by atoms with van der Waals surface area (Å²) in [5.74, 6) is 0.822. The zero-order chi connectivity index (χ0) is 17.6. The van der Waals surface area contributed by atoms with Crippen molar-refractivity contribution in [3.63, 3.8) is 0 Å². The van der Waals surface area contributed by atoms with Gasteiger partial charge in [-0.1, -0.05) is 0 Å². The van der Waals surface area contributed by atoms with Gasteiger partial charge in [0.2, 0.25) is 0 Å². The summed E-state index contributed by atoms with van der Waals surface area (Å²) < 4.78 is 5.25. The monoisotopic (exact) mass is 340 g/mol. The number of pyridine rings is 1. The summed E-state index contributed by atoms with van der Waals surface area (Å²) in [7, 11) is 1.64. The zero-order valence-electron chi connectivity index (χ0n) is 14.7. The molecular weight excluding hydrogens is 316 g/mol. The summed E-state index contributed by atoms with van der Waals surface area (Å²) >= 11 is 0. The molecule has 6 nitrogen and oxygen atoms in total. The van der Waals surface area contributed by atoms with Gasteiger partial charge in [0.25, 0.3) is 0 Å². The number of anilines is 1. The number of carbonyl (C=O) groups excluding carboxylic acids is 1. The first-order chi connectivity index (χ1) is 12.2. The van der Waals surface area contributed by atoms with Crippen molar-refractivity contribution in [1.82, 2.24) is 14.8 Å². The molecule has 1 saturated heterocycles. The van der Waals surface area contributed by atoms with Crippen molar-refractivity contribution in [3.05, 3.63) is 53.9 Å². The van der Waals surface area contributed by atoms with E-state index in [1.165, 1.54) is 5.56 Å². The smallest absolute Gasteiger partial charge is 0.321 e. The number of ether oxygens (including phenoxy) is 1. The minimum atomic E-state index is -0.0480. The van der Waals surface area contributed by atoms with Crippen LogP contribution in [0.4, 0.5) is 10.5 Å². The number of hydrogen-bond donors (Lipinski definition) is 1. The van der Waals surface area contributed by atoms with E-state index in [0.29, 0.717) is 0 Å². The Morgan fingerprint density at radius 2 is 1.88 bits per heavy atom. The average Bonchev–Trinajstić information content (AvgIpc) is 2.63. The lowest BCUT2D eigenvalue weighted by Gasteiger charge is -2.34. The highest BCUT2D eigenvalue weighted by atomic mass is 16.5. The predicted octanol–water partition coefficient (Wildman–Crippen LogP) is 2.75. The van der Waals surface area contributed by atoms with E-state index in [0.717, 1.165) is 49.7 Å². The number of methoxy groups -OCH3 is 1. The minimum absolute atomic E-state index is 0.0480. The summed E-state index contributed by atoms with van der Waals surface area (Å²) in [6.07, 6.45) is 3.63. The normalized spacial score (nSPS) is 15.0. The molecule has 1 fully saturated rings. The molecular formula is C19H24N4O2. The third kappa shape index (κ3) is 4.48. The molecule has 0 unspecified atom stereocenters. The number of rotatable bonds is 4. The van der Waals surface area contributed by atoms with Crippen molar-refractivity contribution in [3.8, 4) is 5.75 Å². The van der Waals surface area contributed by atoms with Crippen molar-refractivity contribution < 1.29 is 9.53 Å². The molecule has 3 rings (SSSR count). The molecule has 1 aliphatic rings. The maximum atomic E-state index is 12.5. The molecule has 2 amide bonds. The van der Waals surface area contributed by atoms with Crippen LogP contribution in [0.3, 0.4) is 0 Å². The Kier molecular flexibility index (Phi) is 5.50. The van der Waals surface area contributed by atoms with E-state index in [1.54, 1.807) is 7.11 Å². The Hall–Kier alpha value is -2.60. The van der Waals surface area contributed by atoms with E-state index in [9.17, 15) is 4.79 Å². The lowest BCUT2D eigenvalue weighted by molar-refractivity contribution is 0.143. The van der Waals surface area contributed by atoms with E-state index in [2.05, 4.69) is 15.2 Å². The van der Waals surface area contributed by atoms with Gasteiger partial charge < -0.3 is 15.0 Å². The summed E-state index contributed by atoms with van der Waals surface area (Å²) in [5, 5.41) is 2.97. The molecule has 1 N–H and O–H groups in total. The Morgan fingerprint density at radius 3 is 2.52 bits per heavy atom. The van der Waals surface area contributed by atoms with E-state index < -0.39 is 0 Å². The quantitative estimate of drug-likeness (QED) is 0.930. The van der Waals surface area contributed by atoms with Crippen molar-refractivity contribution in [2.45, 2.75) is 13.5 Å². The fourth-order valence-corrected chi connectivity index (χ4v) is 3.01. The van der Waals surface area contributed by atoms with Gasteiger partial charge in [0, 0.05) is 50.8 Å². The molecule has 0 spiro atoms. The molecule has 0 atom stereocenters. The lowest BCUT2D eigenvalue weighted by atomic mass is 10.2. The third-order valence-electron chi connectivity index (χ3n) is 4.46. The summed E-state index contributed by atoms with van der Waals surface area (Å²) in [6, 6.07) is 9.68.